The Morgan fingerprint density at radius 3 is 1.48 bits per heavy atom. The van der Waals surface area contributed by atoms with Crippen LogP contribution >= 0.6 is 7.26 Å². The Kier molecular flexibility index (Phi) is 8.82. The molecule has 168 valence electrons. The van der Waals surface area contributed by atoms with Crippen molar-refractivity contribution in [2.75, 3.05) is 12.8 Å². The summed E-state index contributed by atoms with van der Waals surface area (Å²) in [5, 5.41) is 8.23. The van der Waals surface area contributed by atoms with Crippen molar-refractivity contribution < 1.29 is 21.7 Å². The maximum absolute atomic E-state index is 6.02. The summed E-state index contributed by atoms with van der Waals surface area (Å²) in [7, 11) is -2.06. The van der Waals surface area contributed by atoms with E-state index in [0.29, 0.717) is 6.61 Å². The van der Waals surface area contributed by atoms with Gasteiger partial charge >= 0.3 is 0 Å². The lowest BCUT2D eigenvalue weighted by Gasteiger charge is -2.28. The van der Waals surface area contributed by atoms with E-state index in [1.165, 1.54) is 15.9 Å². The van der Waals surface area contributed by atoms with Crippen molar-refractivity contribution in [1.82, 2.24) is 0 Å². The molecule has 0 atom stereocenters. The highest BCUT2D eigenvalue weighted by atomic mass is 79.9. The second-order valence-corrected chi connectivity index (χ2v) is 11.0. The first-order chi connectivity index (χ1) is 15.8. The Labute approximate surface area is 207 Å². The van der Waals surface area contributed by atoms with E-state index in [1.807, 2.05) is 31.2 Å². The molecule has 0 heterocycles. The minimum atomic E-state index is -2.06. The number of hydrogen-bond donors (Lipinski definition) is 1. The first-order valence-corrected chi connectivity index (χ1v) is 12.8. The molecule has 33 heavy (non-hydrogen) atoms. The topological polar surface area (TPSA) is 47.6 Å². The lowest BCUT2D eigenvalue weighted by molar-refractivity contribution is -0.00000692. The van der Waals surface area contributed by atoms with Crippen molar-refractivity contribution in [2.45, 2.75) is 6.92 Å². The summed E-state index contributed by atoms with van der Waals surface area (Å²) in [6.07, 6.45) is 0.732. The smallest absolute Gasteiger partial charge is 0.119 e. The molecule has 0 aliphatic heterocycles. The molecule has 0 amide bonds. The van der Waals surface area contributed by atoms with E-state index in [-0.39, 0.29) is 17.0 Å². The zero-order chi connectivity index (χ0) is 22.2. The molecule has 0 aromatic heterocycles. The third-order valence-electron chi connectivity index (χ3n) is 5.63. The predicted octanol–water partition coefficient (Wildman–Crippen LogP) is 1.75. The largest absolute Gasteiger partial charge is 1.00 e. The van der Waals surface area contributed by atoms with Crippen LogP contribution in [-0.4, -0.2) is 18.5 Å². The number of nitrogens with zero attached hydrogens (tertiary/aromatic N) is 1. The maximum Gasteiger partial charge on any atom is 0.119 e. The molecule has 3 nitrogen and oxygen atoms in total. The Bertz CT molecular complexity index is 1050. The van der Waals surface area contributed by atoms with E-state index in [9.17, 15) is 0 Å². The number of hydrazone groups is 1. The lowest BCUT2D eigenvalue weighted by Crippen LogP contribution is -3.00. The Morgan fingerprint density at radius 2 is 1.12 bits per heavy atom. The van der Waals surface area contributed by atoms with Gasteiger partial charge in [-0.25, -0.2) is 0 Å². The molecular formula is C28H28BrN2OP. The quantitative estimate of drug-likeness (QED) is 0.167. The molecule has 0 aliphatic carbocycles. The summed E-state index contributed by atoms with van der Waals surface area (Å²) in [4.78, 5) is 0. The molecule has 0 spiro atoms. The summed E-state index contributed by atoms with van der Waals surface area (Å²) >= 11 is 0. The lowest BCUT2D eigenvalue weighted by atomic mass is 10.1. The van der Waals surface area contributed by atoms with Crippen LogP contribution < -0.4 is 43.5 Å². The summed E-state index contributed by atoms with van der Waals surface area (Å²) in [6, 6.07) is 40.4. The minimum absolute atomic E-state index is 0. The molecule has 2 N–H and O–H groups in total. The Balaban J connectivity index is 0.00000306. The Morgan fingerprint density at radius 1 is 0.697 bits per heavy atom. The molecule has 4 aromatic rings. The third kappa shape index (κ3) is 5.35. The predicted molar refractivity (Wildman–Crippen MR) is 138 cm³/mol. The zero-order valence-electron chi connectivity index (χ0n) is 18.6. The van der Waals surface area contributed by atoms with Crippen LogP contribution in [0.3, 0.4) is 0 Å². The van der Waals surface area contributed by atoms with Gasteiger partial charge in [-0.3, -0.25) is 0 Å². The van der Waals surface area contributed by atoms with Gasteiger partial charge in [-0.1, -0.05) is 54.6 Å². The molecule has 0 unspecified atom stereocenters. The van der Waals surface area contributed by atoms with Crippen LogP contribution in [0.25, 0.3) is 0 Å². The molecule has 0 saturated carbocycles. The van der Waals surface area contributed by atoms with Gasteiger partial charge in [0, 0.05) is 5.56 Å². The molecule has 4 aromatic carbocycles. The van der Waals surface area contributed by atoms with E-state index >= 15 is 0 Å². The normalized spacial score (nSPS) is 11.5. The van der Waals surface area contributed by atoms with Crippen LogP contribution in [0.1, 0.15) is 12.5 Å². The first kappa shape index (κ1) is 24.7. The fourth-order valence-electron chi connectivity index (χ4n) is 4.11. The van der Waals surface area contributed by atoms with Gasteiger partial charge in [-0.2, -0.15) is 5.10 Å². The molecule has 0 bridgehead atoms. The molecule has 0 fully saturated rings. The van der Waals surface area contributed by atoms with Crippen LogP contribution in [0, 0.1) is 0 Å². The fraction of sp³-hybridized carbons (Fsp3) is 0.107. The summed E-state index contributed by atoms with van der Waals surface area (Å²) in [5.41, 5.74) is 1.90. The van der Waals surface area contributed by atoms with Gasteiger partial charge in [-0.05, 0) is 67.6 Å². The second-order valence-electron chi connectivity index (χ2n) is 7.51. The molecule has 5 heteroatoms. The summed E-state index contributed by atoms with van der Waals surface area (Å²) in [5.74, 6) is 6.87. The fourth-order valence-corrected chi connectivity index (χ4v) is 8.31. The zero-order valence-corrected chi connectivity index (χ0v) is 21.1. The molecule has 0 saturated heterocycles. The van der Waals surface area contributed by atoms with Crippen LogP contribution in [-0.2, 0) is 0 Å². The third-order valence-corrected chi connectivity index (χ3v) is 9.95. The number of hydrogen-bond acceptors (Lipinski definition) is 3. The average molecular weight is 519 g/mol. The number of halogens is 1. The standard InChI is InChI=1S/C28H28N2OP.BrH/c1-2-31-24-20-18-23(19-21-24)28(30-29)22-32(25-12-6-3-7-13-25,26-14-8-4-9-15-26)27-16-10-5-11-17-27;/h3-21H,2,22,29H2,1H3;1H/q+1;/p-1/b30-28-;. The molecule has 0 radical (unpaired) electrons. The van der Waals surface area contributed by atoms with Crippen molar-refractivity contribution >= 4 is 28.9 Å². The molecule has 4 rings (SSSR count). The van der Waals surface area contributed by atoms with E-state index in [0.717, 1.165) is 23.2 Å². The average Bonchev–Trinajstić information content (AvgIpc) is 2.87. The minimum Gasteiger partial charge on any atom is -1.00 e. The van der Waals surface area contributed by atoms with Gasteiger partial charge in [0.1, 0.15) is 40.8 Å². The summed E-state index contributed by atoms with van der Waals surface area (Å²) in [6.45, 7) is 2.63. The monoisotopic (exact) mass is 518 g/mol. The van der Waals surface area contributed by atoms with E-state index in [2.05, 4.69) is 96.1 Å². The van der Waals surface area contributed by atoms with Gasteiger partial charge < -0.3 is 27.6 Å². The van der Waals surface area contributed by atoms with Gasteiger partial charge in [-0.15, -0.1) is 0 Å². The highest BCUT2D eigenvalue weighted by molar-refractivity contribution is 7.96. The van der Waals surface area contributed by atoms with Gasteiger partial charge in [0.05, 0.1) is 6.61 Å². The van der Waals surface area contributed by atoms with Crippen molar-refractivity contribution in [3.8, 4) is 5.75 Å². The SMILES string of the molecule is CCOc1ccc(/C(C[P+](c2ccccc2)(c2ccccc2)c2ccccc2)=N\N)cc1.[Br-]. The highest BCUT2D eigenvalue weighted by Crippen LogP contribution is 2.55. The van der Waals surface area contributed by atoms with E-state index in [4.69, 9.17) is 10.6 Å². The molecule has 0 aliphatic rings. The maximum atomic E-state index is 6.02. The number of nitrogens with two attached hydrogens (primary N) is 1. The van der Waals surface area contributed by atoms with Crippen molar-refractivity contribution in [1.29, 1.82) is 0 Å². The van der Waals surface area contributed by atoms with Gasteiger partial charge in [0.25, 0.3) is 0 Å². The van der Waals surface area contributed by atoms with Crippen LogP contribution in [0.5, 0.6) is 5.75 Å². The van der Waals surface area contributed by atoms with Crippen molar-refractivity contribution in [3.63, 3.8) is 0 Å². The first-order valence-electron chi connectivity index (χ1n) is 10.8. The highest BCUT2D eigenvalue weighted by Gasteiger charge is 2.46. The molecular weight excluding hydrogens is 491 g/mol. The second kappa shape index (κ2) is 11.8. The van der Waals surface area contributed by atoms with Crippen molar-refractivity contribution in [3.05, 3.63) is 121 Å². The number of rotatable bonds is 8. The summed E-state index contributed by atoms with van der Waals surface area (Å²) < 4.78 is 5.62. The van der Waals surface area contributed by atoms with Crippen LogP contribution in [0.4, 0.5) is 0 Å². The Hall–Kier alpha value is -2.94. The van der Waals surface area contributed by atoms with Crippen molar-refractivity contribution in [2.24, 2.45) is 10.9 Å². The van der Waals surface area contributed by atoms with Gasteiger partial charge in [0.15, 0.2) is 0 Å². The van der Waals surface area contributed by atoms with Gasteiger partial charge in [0.2, 0.25) is 0 Å². The van der Waals surface area contributed by atoms with E-state index < -0.39 is 7.26 Å². The number of benzene rings is 4. The van der Waals surface area contributed by atoms with Crippen LogP contribution in [0.15, 0.2) is 120 Å². The van der Waals surface area contributed by atoms with Crippen LogP contribution in [0.2, 0.25) is 0 Å². The van der Waals surface area contributed by atoms with E-state index in [1.54, 1.807) is 0 Å². The number of ether oxygens (including phenoxy) is 1.